The second kappa shape index (κ2) is 5.88. The fourth-order valence-corrected chi connectivity index (χ4v) is 2.30. The van der Waals surface area contributed by atoms with Gasteiger partial charge < -0.3 is 10.5 Å². The van der Waals surface area contributed by atoms with Crippen LogP contribution in [0.3, 0.4) is 0 Å². The van der Waals surface area contributed by atoms with Gasteiger partial charge in [0.2, 0.25) is 5.82 Å². The fraction of sp³-hybridized carbons (Fsp3) is 0.385. The van der Waals surface area contributed by atoms with Gasteiger partial charge in [0.05, 0.1) is 12.6 Å². The van der Waals surface area contributed by atoms with E-state index >= 15 is 0 Å². The molecule has 0 aromatic carbocycles. The lowest BCUT2D eigenvalue weighted by Gasteiger charge is -2.11. The van der Waals surface area contributed by atoms with E-state index in [1.165, 1.54) is 0 Å². The van der Waals surface area contributed by atoms with Gasteiger partial charge in [-0.1, -0.05) is 0 Å². The summed E-state index contributed by atoms with van der Waals surface area (Å²) in [7, 11) is 0. The Kier molecular flexibility index (Phi) is 3.78. The highest BCUT2D eigenvalue weighted by Crippen LogP contribution is 2.19. The van der Waals surface area contributed by atoms with Crippen LogP contribution < -0.4 is 11.2 Å². The molecule has 8 nitrogen and oxygen atoms in total. The summed E-state index contributed by atoms with van der Waals surface area (Å²) in [4.78, 5) is 15.6. The lowest BCUT2D eigenvalue weighted by Crippen LogP contribution is -2.19. The third kappa shape index (κ3) is 3.00. The number of nitrogens with one attached hydrogen (secondary N) is 1. The number of hydrazone groups is 1. The highest BCUT2D eigenvalue weighted by molar-refractivity contribution is 5.89. The number of hydrogen-bond acceptors (Lipinski definition) is 6. The van der Waals surface area contributed by atoms with Crippen molar-refractivity contribution in [2.75, 3.05) is 6.61 Å². The van der Waals surface area contributed by atoms with Gasteiger partial charge in [-0.15, -0.1) is 5.10 Å². The van der Waals surface area contributed by atoms with E-state index in [1.54, 1.807) is 23.2 Å². The first kappa shape index (κ1) is 13.5. The number of carbonyl (C=O) groups is 1. The number of amides is 1. The number of aromatic nitrogens is 3. The number of primary amides is 1. The molecule has 1 aromatic rings. The van der Waals surface area contributed by atoms with E-state index in [0.717, 1.165) is 25.0 Å². The molecule has 3 rings (SSSR count). The van der Waals surface area contributed by atoms with Gasteiger partial charge in [-0.05, 0) is 25.0 Å². The van der Waals surface area contributed by atoms with Crippen LogP contribution in [0.15, 0.2) is 23.5 Å². The lowest BCUT2D eigenvalue weighted by atomic mass is 10.2. The molecule has 1 fully saturated rings. The van der Waals surface area contributed by atoms with Gasteiger partial charge in [0.15, 0.2) is 5.82 Å². The molecule has 0 spiro atoms. The van der Waals surface area contributed by atoms with Gasteiger partial charge in [0.1, 0.15) is 0 Å². The largest absolute Gasteiger partial charge is 0.376 e. The Morgan fingerprint density at radius 2 is 2.48 bits per heavy atom. The Hall–Kier alpha value is -2.48. The monoisotopic (exact) mass is 288 g/mol. The Labute approximate surface area is 121 Å². The topological polar surface area (TPSA) is 107 Å². The smallest absolute Gasteiger partial charge is 0.288 e. The summed E-state index contributed by atoms with van der Waals surface area (Å²) in [6.07, 6.45) is 9.04. The number of carbonyl (C=O) groups excluding carboxylic acids is 1. The first-order chi connectivity index (χ1) is 10.2. The first-order valence-electron chi connectivity index (χ1n) is 6.76. The van der Waals surface area contributed by atoms with Gasteiger partial charge in [0, 0.05) is 24.6 Å². The van der Waals surface area contributed by atoms with Crippen molar-refractivity contribution < 1.29 is 9.53 Å². The minimum absolute atomic E-state index is 0.00228. The van der Waals surface area contributed by atoms with Crippen LogP contribution in [0, 0.1) is 0 Å². The molecule has 1 aromatic heterocycles. The summed E-state index contributed by atoms with van der Waals surface area (Å²) in [5.74, 6) is -0.0826. The predicted octanol–water partition coefficient (Wildman–Crippen LogP) is 0.0421. The maximum atomic E-state index is 11.3. The molecule has 2 aliphatic rings. The van der Waals surface area contributed by atoms with Gasteiger partial charge >= 0.3 is 0 Å². The Bertz CT molecular complexity index is 625. The van der Waals surface area contributed by atoms with Crippen molar-refractivity contribution in [1.82, 2.24) is 20.2 Å². The van der Waals surface area contributed by atoms with Crippen molar-refractivity contribution in [3.05, 3.63) is 30.0 Å². The summed E-state index contributed by atoms with van der Waals surface area (Å²) in [5.41, 5.74) is 8.82. The normalized spacial score (nSPS) is 21.0. The van der Waals surface area contributed by atoms with E-state index in [9.17, 15) is 4.79 Å². The summed E-state index contributed by atoms with van der Waals surface area (Å²) < 4.78 is 7.28. The Morgan fingerprint density at radius 3 is 3.24 bits per heavy atom. The molecule has 1 atom stereocenters. The average Bonchev–Trinajstić information content (AvgIpc) is 3.04. The highest BCUT2D eigenvalue weighted by atomic mass is 16.5. The van der Waals surface area contributed by atoms with Crippen LogP contribution in [0.1, 0.15) is 29.3 Å². The summed E-state index contributed by atoms with van der Waals surface area (Å²) in [6.45, 7) is 1.30. The highest BCUT2D eigenvalue weighted by Gasteiger charge is 2.22. The maximum Gasteiger partial charge on any atom is 0.288 e. The van der Waals surface area contributed by atoms with Crippen molar-refractivity contribution in [3.63, 3.8) is 0 Å². The molecule has 21 heavy (non-hydrogen) atoms. The third-order valence-electron chi connectivity index (χ3n) is 3.28. The molecule has 1 unspecified atom stereocenters. The second-order valence-corrected chi connectivity index (χ2v) is 4.81. The summed E-state index contributed by atoms with van der Waals surface area (Å²) >= 11 is 0. The Balaban J connectivity index is 1.92. The Morgan fingerprint density at radius 1 is 1.57 bits per heavy atom. The van der Waals surface area contributed by atoms with Crippen molar-refractivity contribution in [3.8, 4) is 0 Å². The molecular formula is C13H16N6O2. The molecule has 1 amide bonds. The quantitative estimate of drug-likeness (QED) is 0.813. The molecule has 1 saturated heterocycles. The molecule has 0 radical (unpaired) electrons. The molecule has 2 aliphatic heterocycles. The van der Waals surface area contributed by atoms with Crippen molar-refractivity contribution in [1.29, 1.82) is 0 Å². The van der Waals surface area contributed by atoms with Gasteiger partial charge in [-0.2, -0.15) is 5.10 Å². The van der Waals surface area contributed by atoms with Crippen LogP contribution in [-0.2, 0) is 11.3 Å². The van der Waals surface area contributed by atoms with Crippen LogP contribution in [0.25, 0.3) is 5.57 Å². The third-order valence-corrected chi connectivity index (χ3v) is 3.28. The summed E-state index contributed by atoms with van der Waals surface area (Å²) in [5, 5.41) is 8.10. The van der Waals surface area contributed by atoms with Crippen molar-refractivity contribution in [2.24, 2.45) is 10.8 Å². The number of rotatable bonds is 4. The van der Waals surface area contributed by atoms with Crippen LogP contribution in [-0.4, -0.2) is 39.6 Å². The standard InChI is InChI=1S/C13H16N6O2/c14-11(20)12-17-13(9-3-1-5-15-16-7-9)19(18-12)8-10-4-2-6-21-10/h1,3,5,7,10,16H,2,4,6,8H2,(H2,14,20). The van der Waals surface area contributed by atoms with Crippen molar-refractivity contribution in [2.45, 2.75) is 25.5 Å². The van der Waals surface area contributed by atoms with E-state index in [1.807, 2.05) is 6.08 Å². The van der Waals surface area contributed by atoms with Crippen LogP contribution >= 0.6 is 0 Å². The van der Waals surface area contributed by atoms with Crippen molar-refractivity contribution >= 4 is 17.7 Å². The molecule has 0 saturated carbocycles. The second-order valence-electron chi connectivity index (χ2n) is 4.81. The predicted molar refractivity (Wildman–Crippen MR) is 76.3 cm³/mol. The van der Waals surface area contributed by atoms with E-state index in [4.69, 9.17) is 10.5 Å². The van der Waals surface area contributed by atoms with Crippen LogP contribution in [0.5, 0.6) is 0 Å². The van der Waals surface area contributed by atoms with Gasteiger partial charge in [-0.25, -0.2) is 9.67 Å². The van der Waals surface area contributed by atoms with Gasteiger partial charge in [-0.3, -0.25) is 10.2 Å². The number of nitrogens with two attached hydrogens (primary N) is 1. The number of allylic oxidation sites excluding steroid dienone is 3. The minimum Gasteiger partial charge on any atom is -0.376 e. The molecular weight excluding hydrogens is 272 g/mol. The zero-order valence-electron chi connectivity index (χ0n) is 11.4. The fourth-order valence-electron chi connectivity index (χ4n) is 2.30. The molecule has 0 aliphatic carbocycles. The minimum atomic E-state index is -0.648. The number of ether oxygens (including phenoxy) is 1. The average molecular weight is 288 g/mol. The maximum absolute atomic E-state index is 11.3. The molecule has 8 heteroatoms. The molecule has 110 valence electrons. The van der Waals surface area contributed by atoms with E-state index in [2.05, 4.69) is 20.6 Å². The number of nitrogens with zero attached hydrogens (tertiary/aromatic N) is 4. The van der Waals surface area contributed by atoms with E-state index in [-0.39, 0.29) is 11.9 Å². The first-order valence-corrected chi connectivity index (χ1v) is 6.76. The molecule has 3 heterocycles. The lowest BCUT2D eigenvalue weighted by molar-refractivity contribution is 0.0926. The molecule has 3 N–H and O–H groups in total. The van der Waals surface area contributed by atoms with E-state index < -0.39 is 5.91 Å². The number of hydrogen-bond donors (Lipinski definition) is 2. The van der Waals surface area contributed by atoms with E-state index in [0.29, 0.717) is 12.4 Å². The zero-order chi connectivity index (χ0) is 14.7. The SMILES string of the molecule is NC(=O)c1nc(C2=CNN=CC=C2)n(CC2CCCO2)n1. The molecule has 0 bridgehead atoms. The van der Waals surface area contributed by atoms with Crippen LogP contribution in [0.4, 0.5) is 0 Å². The summed E-state index contributed by atoms with van der Waals surface area (Å²) in [6, 6.07) is 0. The van der Waals surface area contributed by atoms with Crippen LogP contribution in [0.2, 0.25) is 0 Å². The van der Waals surface area contributed by atoms with Gasteiger partial charge in [0.25, 0.3) is 5.91 Å². The zero-order valence-corrected chi connectivity index (χ0v) is 11.4.